The van der Waals surface area contributed by atoms with Gasteiger partial charge in [-0.15, -0.1) is 0 Å². The SMILES string of the molecule is CC[NH+]1CCN(c2nc3c(c(=O)[nH]2)CCC3)CC1. The summed E-state index contributed by atoms with van der Waals surface area (Å²) in [5.74, 6) is 0.788. The van der Waals surface area contributed by atoms with Gasteiger partial charge in [0.15, 0.2) is 0 Å². The predicted molar refractivity (Wildman–Crippen MR) is 70.3 cm³/mol. The van der Waals surface area contributed by atoms with Crippen LogP contribution in [0.1, 0.15) is 24.6 Å². The van der Waals surface area contributed by atoms with Crippen molar-refractivity contribution in [2.45, 2.75) is 26.2 Å². The molecule has 0 spiro atoms. The zero-order valence-corrected chi connectivity index (χ0v) is 11.0. The molecule has 18 heavy (non-hydrogen) atoms. The van der Waals surface area contributed by atoms with Gasteiger partial charge in [-0.1, -0.05) is 0 Å². The van der Waals surface area contributed by atoms with Gasteiger partial charge in [0.25, 0.3) is 5.56 Å². The molecular weight excluding hydrogens is 228 g/mol. The molecule has 0 bridgehead atoms. The predicted octanol–water partition coefficient (Wildman–Crippen LogP) is -1.02. The van der Waals surface area contributed by atoms with Crippen LogP contribution in [0.3, 0.4) is 0 Å². The molecule has 1 fully saturated rings. The average molecular weight is 249 g/mol. The number of H-pyrrole nitrogens is 1. The molecule has 2 heterocycles. The number of anilines is 1. The first-order chi connectivity index (χ1) is 8.78. The summed E-state index contributed by atoms with van der Waals surface area (Å²) in [5, 5.41) is 0. The second-order valence-corrected chi connectivity index (χ2v) is 5.26. The van der Waals surface area contributed by atoms with E-state index < -0.39 is 0 Å². The molecular formula is C13H21N4O+. The number of piperazine rings is 1. The lowest BCUT2D eigenvalue weighted by Gasteiger charge is -2.32. The molecule has 1 aromatic rings. The standard InChI is InChI=1S/C13H20N4O/c1-2-16-6-8-17(9-7-16)13-14-11-5-3-4-10(11)12(18)15-13/h2-9H2,1H3,(H,14,15,18)/p+1. The molecule has 98 valence electrons. The normalized spacial score (nSPS) is 20.2. The number of hydrogen-bond acceptors (Lipinski definition) is 3. The van der Waals surface area contributed by atoms with Crippen molar-refractivity contribution in [1.82, 2.24) is 9.97 Å². The second kappa shape index (κ2) is 4.72. The molecule has 1 aliphatic heterocycles. The van der Waals surface area contributed by atoms with Gasteiger partial charge >= 0.3 is 0 Å². The molecule has 0 radical (unpaired) electrons. The summed E-state index contributed by atoms with van der Waals surface area (Å²) >= 11 is 0. The minimum absolute atomic E-state index is 0.0813. The Hall–Kier alpha value is -1.36. The molecule has 1 saturated heterocycles. The van der Waals surface area contributed by atoms with Crippen molar-refractivity contribution >= 4 is 5.95 Å². The van der Waals surface area contributed by atoms with E-state index in [-0.39, 0.29) is 5.56 Å². The summed E-state index contributed by atoms with van der Waals surface area (Å²) in [6.45, 7) is 7.66. The van der Waals surface area contributed by atoms with E-state index >= 15 is 0 Å². The first-order valence-corrected chi connectivity index (χ1v) is 6.98. The zero-order valence-electron chi connectivity index (χ0n) is 11.0. The van der Waals surface area contributed by atoms with Gasteiger partial charge in [-0.25, -0.2) is 4.98 Å². The molecule has 3 rings (SSSR count). The van der Waals surface area contributed by atoms with Crippen molar-refractivity contribution in [3.8, 4) is 0 Å². The van der Waals surface area contributed by atoms with Crippen molar-refractivity contribution in [2.24, 2.45) is 0 Å². The van der Waals surface area contributed by atoms with E-state index in [9.17, 15) is 4.79 Å². The number of nitrogens with zero attached hydrogens (tertiary/aromatic N) is 2. The lowest BCUT2D eigenvalue weighted by molar-refractivity contribution is -0.898. The van der Waals surface area contributed by atoms with Crippen LogP contribution in [0.15, 0.2) is 4.79 Å². The highest BCUT2D eigenvalue weighted by Gasteiger charge is 2.23. The Bertz CT molecular complexity index is 488. The van der Waals surface area contributed by atoms with Gasteiger partial charge in [-0.3, -0.25) is 9.78 Å². The Labute approximate surface area is 107 Å². The van der Waals surface area contributed by atoms with Crippen molar-refractivity contribution in [1.29, 1.82) is 0 Å². The van der Waals surface area contributed by atoms with Gasteiger partial charge in [0, 0.05) is 5.56 Å². The minimum Gasteiger partial charge on any atom is -0.332 e. The summed E-state index contributed by atoms with van der Waals surface area (Å²) in [4.78, 5) is 23.4. The summed E-state index contributed by atoms with van der Waals surface area (Å²) in [5.41, 5.74) is 2.02. The van der Waals surface area contributed by atoms with E-state index in [1.807, 2.05) is 0 Å². The fourth-order valence-corrected chi connectivity index (χ4v) is 2.97. The van der Waals surface area contributed by atoms with E-state index in [1.54, 1.807) is 4.90 Å². The molecule has 0 saturated carbocycles. The Morgan fingerprint density at radius 2 is 2.11 bits per heavy atom. The smallest absolute Gasteiger partial charge is 0.255 e. The van der Waals surface area contributed by atoms with E-state index in [1.165, 1.54) is 6.54 Å². The highest BCUT2D eigenvalue weighted by atomic mass is 16.1. The number of hydrogen-bond donors (Lipinski definition) is 2. The highest BCUT2D eigenvalue weighted by molar-refractivity contribution is 5.35. The Kier molecular flexibility index (Phi) is 3.07. The third-order valence-corrected chi connectivity index (χ3v) is 4.20. The minimum atomic E-state index is 0.0813. The van der Waals surface area contributed by atoms with Crippen molar-refractivity contribution in [2.75, 3.05) is 37.6 Å². The van der Waals surface area contributed by atoms with Gasteiger partial charge < -0.3 is 9.80 Å². The molecule has 0 atom stereocenters. The molecule has 0 unspecified atom stereocenters. The Balaban J connectivity index is 1.81. The summed E-state index contributed by atoms with van der Waals surface area (Å²) < 4.78 is 0. The second-order valence-electron chi connectivity index (χ2n) is 5.26. The fourth-order valence-electron chi connectivity index (χ4n) is 2.97. The number of aromatic amines is 1. The molecule has 0 amide bonds. The molecule has 2 aliphatic rings. The van der Waals surface area contributed by atoms with E-state index in [4.69, 9.17) is 0 Å². The topological polar surface area (TPSA) is 53.4 Å². The number of nitrogens with one attached hydrogen (secondary N) is 2. The van der Waals surface area contributed by atoms with Gasteiger partial charge in [0.05, 0.1) is 38.4 Å². The maximum absolute atomic E-state index is 12.0. The zero-order chi connectivity index (χ0) is 12.5. The van der Waals surface area contributed by atoms with Crippen LogP contribution in [0, 0.1) is 0 Å². The Morgan fingerprint density at radius 1 is 1.33 bits per heavy atom. The molecule has 2 N–H and O–H groups in total. The molecule has 5 nitrogen and oxygen atoms in total. The van der Waals surface area contributed by atoms with Crippen molar-refractivity contribution in [3.05, 3.63) is 21.6 Å². The molecule has 0 aromatic carbocycles. The van der Waals surface area contributed by atoms with Crippen LogP contribution in [0.25, 0.3) is 0 Å². The first-order valence-electron chi connectivity index (χ1n) is 6.98. The number of fused-ring (bicyclic) bond motifs is 1. The molecule has 1 aliphatic carbocycles. The largest absolute Gasteiger partial charge is 0.332 e. The van der Waals surface area contributed by atoms with Crippen LogP contribution >= 0.6 is 0 Å². The maximum Gasteiger partial charge on any atom is 0.255 e. The third kappa shape index (κ3) is 2.03. The lowest BCUT2D eigenvalue weighted by atomic mass is 10.2. The number of aromatic nitrogens is 2. The number of quaternary nitrogens is 1. The van der Waals surface area contributed by atoms with Gasteiger partial charge in [-0.05, 0) is 26.2 Å². The lowest BCUT2D eigenvalue weighted by Crippen LogP contribution is -3.14. The quantitative estimate of drug-likeness (QED) is 0.706. The van der Waals surface area contributed by atoms with E-state index in [0.717, 1.165) is 62.6 Å². The van der Waals surface area contributed by atoms with Crippen LogP contribution in [-0.2, 0) is 12.8 Å². The fraction of sp³-hybridized carbons (Fsp3) is 0.692. The van der Waals surface area contributed by atoms with E-state index in [0.29, 0.717) is 0 Å². The summed E-state index contributed by atoms with van der Waals surface area (Å²) in [6, 6.07) is 0. The monoisotopic (exact) mass is 249 g/mol. The number of likely N-dealkylation sites (N-methyl/N-ethyl adjacent to an activating group) is 1. The highest BCUT2D eigenvalue weighted by Crippen LogP contribution is 2.18. The van der Waals surface area contributed by atoms with Crippen LogP contribution < -0.4 is 15.4 Å². The Morgan fingerprint density at radius 3 is 2.83 bits per heavy atom. The number of aryl methyl sites for hydroxylation is 1. The summed E-state index contributed by atoms with van der Waals surface area (Å²) in [6.07, 6.45) is 2.93. The van der Waals surface area contributed by atoms with Crippen molar-refractivity contribution in [3.63, 3.8) is 0 Å². The van der Waals surface area contributed by atoms with Gasteiger partial charge in [0.1, 0.15) is 0 Å². The maximum atomic E-state index is 12.0. The van der Waals surface area contributed by atoms with E-state index in [2.05, 4.69) is 21.8 Å². The number of rotatable bonds is 2. The summed E-state index contributed by atoms with van der Waals surface area (Å²) in [7, 11) is 0. The average Bonchev–Trinajstić information content (AvgIpc) is 2.88. The third-order valence-electron chi connectivity index (χ3n) is 4.20. The van der Waals surface area contributed by atoms with Gasteiger partial charge in [-0.2, -0.15) is 0 Å². The first kappa shape index (κ1) is 11.7. The van der Waals surface area contributed by atoms with Crippen LogP contribution in [0.2, 0.25) is 0 Å². The van der Waals surface area contributed by atoms with Crippen molar-refractivity contribution < 1.29 is 4.90 Å². The van der Waals surface area contributed by atoms with Crippen LogP contribution in [0.5, 0.6) is 0 Å². The molecule has 1 aromatic heterocycles. The van der Waals surface area contributed by atoms with Crippen LogP contribution in [0.4, 0.5) is 5.95 Å². The van der Waals surface area contributed by atoms with Gasteiger partial charge in [0.2, 0.25) is 5.95 Å². The van der Waals surface area contributed by atoms with Crippen LogP contribution in [-0.4, -0.2) is 42.7 Å². The molecule has 5 heteroatoms.